The maximum atomic E-state index is 13.2. The number of carbonyl (C=O) groups excluding carboxylic acids is 1. The predicted octanol–water partition coefficient (Wildman–Crippen LogP) is 2.64. The Morgan fingerprint density at radius 3 is 2.71 bits per heavy atom. The third kappa shape index (κ3) is 4.52. The summed E-state index contributed by atoms with van der Waals surface area (Å²) < 4.78 is 42.5. The van der Waals surface area contributed by atoms with Crippen molar-refractivity contribution in [3.63, 3.8) is 0 Å². The summed E-state index contributed by atoms with van der Waals surface area (Å²) in [5.41, 5.74) is -0.775. The zero-order valence-electron chi connectivity index (χ0n) is 16.5. The third-order valence-electron chi connectivity index (χ3n) is 5.28. The van der Waals surface area contributed by atoms with Gasteiger partial charge in [-0.3, -0.25) is 14.3 Å². The molecule has 1 aliphatic rings. The van der Waals surface area contributed by atoms with E-state index < -0.39 is 23.2 Å². The number of aromatic nitrogens is 4. The van der Waals surface area contributed by atoms with Gasteiger partial charge in [-0.25, -0.2) is 9.48 Å². The first-order valence-electron chi connectivity index (χ1n) is 9.85. The van der Waals surface area contributed by atoms with E-state index in [1.165, 1.54) is 16.8 Å². The molecule has 0 spiro atoms. The molecule has 1 unspecified atom stereocenters. The normalized spacial score (nSPS) is 16.4. The lowest BCUT2D eigenvalue weighted by Crippen LogP contribution is -2.36. The molecule has 1 N–H and O–H groups in total. The standard InChI is InChI=1S/C21H20F3N5O2/c22-21(23,24)17-6-2-1-5-16(17)19(30)26-15-7-8-18-27-29(20(31)28(18)11-9-15)13-14-4-3-10-25-12-14/h1-6,10,12,15H,7-9,11,13H2,(H,26,30). The van der Waals surface area contributed by atoms with Crippen LogP contribution in [-0.4, -0.2) is 31.3 Å². The van der Waals surface area contributed by atoms with Crippen molar-refractivity contribution in [2.75, 3.05) is 0 Å². The quantitative estimate of drug-likeness (QED) is 0.689. The van der Waals surface area contributed by atoms with Gasteiger partial charge in [-0.2, -0.15) is 18.3 Å². The summed E-state index contributed by atoms with van der Waals surface area (Å²) in [5, 5.41) is 7.09. The molecule has 0 aliphatic carbocycles. The number of fused-ring (bicyclic) bond motifs is 1. The second kappa shape index (κ2) is 8.37. The Balaban J connectivity index is 1.45. The zero-order chi connectivity index (χ0) is 22.0. The Bertz CT molecular complexity index is 1140. The number of carbonyl (C=O) groups is 1. The number of rotatable bonds is 4. The maximum absolute atomic E-state index is 13.2. The van der Waals surface area contributed by atoms with Crippen LogP contribution in [0.5, 0.6) is 0 Å². The molecule has 1 atom stereocenters. The first kappa shape index (κ1) is 20.8. The highest BCUT2D eigenvalue weighted by molar-refractivity contribution is 5.96. The van der Waals surface area contributed by atoms with Gasteiger partial charge in [0.2, 0.25) is 0 Å². The van der Waals surface area contributed by atoms with E-state index in [-0.39, 0.29) is 11.7 Å². The van der Waals surface area contributed by atoms with Gasteiger partial charge < -0.3 is 5.32 Å². The number of aryl methyl sites for hydroxylation is 1. The van der Waals surface area contributed by atoms with E-state index in [9.17, 15) is 22.8 Å². The number of pyridine rings is 1. The molecule has 31 heavy (non-hydrogen) atoms. The van der Waals surface area contributed by atoms with Gasteiger partial charge in [0, 0.05) is 31.4 Å². The molecule has 0 saturated heterocycles. The molecule has 3 heterocycles. The van der Waals surface area contributed by atoms with Gasteiger partial charge in [0.15, 0.2) is 0 Å². The summed E-state index contributed by atoms with van der Waals surface area (Å²) in [5.74, 6) is -0.173. The molecule has 0 saturated carbocycles. The molecular weight excluding hydrogens is 411 g/mol. The van der Waals surface area contributed by atoms with Gasteiger partial charge in [0.1, 0.15) is 5.82 Å². The van der Waals surface area contributed by atoms with E-state index in [1.807, 2.05) is 6.07 Å². The summed E-state index contributed by atoms with van der Waals surface area (Å²) in [6.07, 6.45) is 0.0341. The largest absolute Gasteiger partial charge is 0.417 e. The van der Waals surface area contributed by atoms with Crippen molar-refractivity contribution >= 4 is 5.91 Å². The highest BCUT2D eigenvalue weighted by Crippen LogP contribution is 2.31. The smallest absolute Gasteiger partial charge is 0.349 e. The van der Waals surface area contributed by atoms with Crippen molar-refractivity contribution in [1.29, 1.82) is 0 Å². The number of nitrogens with one attached hydrogen (secondary N) is 1. The van der Waals surface area contributed by atoms with Crippen LogP contribution >= 0.6 is 0 Å². The van der Waals surface area contributed by atoms with E-state index in [0.717, 1.165) is 17.7 Å². The SMILES string of the molecule is O=C(NC1CCc2nn(Cc3cccnc3)c(=O)n2CC1)c1ccccc1C(F)(F)F. The Hall–Kier alpha value is -3.43. The number of halogens is 3. The molecule has 7 nitrogen and oxygen atoms in total. The fourth-order valence-corrected chi connectivity index (χ4v) is 3.73. The summed E-state index contributed by atoms with van der Waals surface area (Å²) >= 11 is 0. The zero-order valence-corrected chi connectivity index (χ0v) is 16.5. The topological polar surface area (TPSA) is 81.8 Å². The number of hydrogen-bond donors (Lipinski definition) is 1. The van der Waals surface area contributed by atoms with Crippen LogP contribution in [0.1, 0.15) is 40.2 Å². The third-order valence-corrected chi connectivity index (χ3v) is 5.28. The predicted molar refractivity (Wildman–Crippen MR) is 105 cm³/mol. The van der Waals surface area contributed by atoms with Crippen molar-refractivity contribution in [3.05, 3.63) is 81.8 Å². The minimum absolute atomic E-state index is 0.256. The summed E-state index contributed by atoms with van der Waals surface area (Å²) in [7, 11) is 0. The van der Waals surface area contributed by atoms with Gasteiger partial charge in [-0.1, -0.05) is 18.2 Å². The molecule has 1 amide bonds. The number of amides is 1. The van der Waals surface area contributed by atoms with Gasteiger partial charge in [0.25, 0.3) is 5.91 Å². The molecule has 3 aromatic rings. The van der Waals surface area contributed by atoms with E-state index >= 15 is 0 Å². The molecular formula is C21H20F3N5O2. The monoisotopic (exact) mass is 431 g/mol. The van der Waals surface area contributed by atoms with Crippen LogP contribution in [0.15, 0.2) is 53.6 Å². The van der Waals surface area contributed by atoms with Crippen LogP contribution in [0, 0.1) is 0 Å². The number of nitrogens with zero attached hydrogens (tertiary/aromatic N) is 4. The van der Waals surface area contributed by atoms with Gasteiger partial charge in [-0.15, -0.1) is 0 Å². The first-order chi connectivity index (χ1) is 14.8. The fourth-order valence-electron chi connectivity index (χ4n) is 3.73. The minimum Gasteiger partial charge on any atom is -0.349 e. The van der Waals surface area contributed by atoms with E-state index in [0.29, 0.717) is 38.2 Å². The molecule has 1 aliphatic heterocycles. The Labute approximate surface area is 175 Å². The molecule has 2 aromatic heterocycles. The molecule has 0 bridgehead atoms. The summed E-state index contributed by atoms with van der Waals surface area (Å²) in [6.45, 7) is 0.633. The molecule has 0 fully saturated rings. The van der Waals surface area contributed by atoms with Crippen molar-refractivity contribution in [1.82, 2.24) is 24.6 Å². The minimum atomic E-state index is -4.61. The molecule has 1 aromatic carbocycles. The van der Waals surface area contributed by atoms with Crippen LogP contribution in [0.4, 0.5) is 13.2 Å². The van der Waals surface area contributed by atoms with E-state index in [2.05, 4.69) is 15.4 Å². The lowest BCUT2D eigenvalue weighted by atomic mass is 10.0. The molecule has 162 valence electrons. The number of hydrogen-bond acceptors (Lipinski definition) is 4. The highest BCUT2D eigenvalue weighted by atomic mass is 19.4. The second-order valence-corrected chi connectivity index (χ2v) is 7.41. The summed E-state index contributed by atoms with van der Waals surface area (Å²) in [4.78, 5) is 29.3. The van der Waals surface area contributed by atoms with Crippen LogP contribution in [0.2, 0.25) is 0 Å². The number of alkyl halides is 3. The summed E-state index contributed by atoms with van der Waals surface area (Å²) in [6, 6.07) is 7.99. The first-order valence-corrected chi connectivity index (χ1v) is 9.85. The average molecular weight is 431 g/mol. The van der Waals surface area contributed by atoms with Crippen molar-refractivity contribution in [2.24, 2.45) is 0 Å². The lowest BCUT2D eigenvalue weighted by molar-refractivity contribution is -0.137. The number of benzene rings is 1. The van der Waals surface area contributed by atoms with Crippen LogP contribution < -0.4 is 11.0 Å². The van der Waals surface area contributed by atoms with Crippen molar-refractivity contribution in [3.8, 4) is 0 Å². The van der Waals surface area contributed by atoms with Crippen molar-refractivity contribution < 1.29 is 18.0 Å². The maximum Gasteiger partial charge on any atom is 0.417 e. The fraction of sp³-hybridized carbons (Fsp3) is 0.333. The van der Waals surface area contributed by atoms with Gasteiger partial charge >= 0.3 is 11.9 Å². The van der Waals surface area contributed by atoms with E-state index in [4.69, 9.17) is 0 Å². The van der Waals surface area contributed by atoms with Crippen LogP contribution in [0.3, 0.4) is 0 Å². The van der Waals surface area contributed by atoms with Gasteiger partial charge in [0.05, 0.1) is 17.7 Å². The Morgan fingerprint density at radius 2 is 1.97 bits per heavy atom. The van der Waals surface area contributed by atoms with Crippen LogP contribution in [-0.2, 0) is 25.7 Å². The molecule has 10 heteroatoms. The Morgan fingerprint density at radius 1 is 1.16 bits per heavy atom. The second-order valence-electron chi connectivity index (χ2n) is 7.41. The average Bonchev–Trinajstić information content (AvgIpc) is 2.91. The van der Waals surface area contributed by atoms with Crippen molar-refractivity contribution in [2.45, 2.75) is 44.6 Å². The van der Waals surface area contributed by atoms with Gasteiger partial charge in [-0.05, 0) is 36.6 Å². The highest BCUT2D eigenvalue weighted by Gasteiger charge is 2.35. The van der Waals surface area contributed by atoms with E-state index in [1.54, 1.807) is 23.0 Å². The lowest BCUT2D eigenvalue weighted by Gasteiger charge is -2.18. The molecule has 0 radical (unpaired) electrons. The Kier molecular flexibility index (Phi) is 5.62. The molecule has 4 rings (SSSR count). The van der Waals surface area contributed by atoms with Crippen LogP contribution in [0.25, 0.3) is 0 Å².